The van der Waals surface area contributed by atoms with Crippen LogP contribution in [0, 0.1) is 16.7 Å². The van der Waals surface area contributed by atoms with Crippen molar-refractivity contribution in [1.29, 1.82) is 0 Å². The fourth-order valence-electron chi connectivity index (χ4n) is 7.05. The van der Waals surface area contributed by atoms with Crippen molar-refractivity contribution in [3.63, 3.8) is 0 Å². The summed E-state index contributed by atoms with van der Waals surface area (Å²) in [5, 5.41) is 0. The van der Waals surface area contributed by atoms with E-state index in [2.05, 4.69) is 73.9 Å². The number of nitrogens with zero attached hydrogens (tertiary/aromatic N) is 2. The van der Waals surface area contributed by atoms with Crippen molar-refractivity contribution in [2.75, 3.05) is 44.7 Å². The monoisotopic (exact) mass is 460 g/mol. The number of hydrogen-bond donors (Lipinski definition) is 0. The molecule has 3 nitrogen and oxygen atoms in total. The van der Waals surface area contributed by atoms with Crippen LogP contribution in [0.1, 0.15) is 71.3 Å². The lowest BCUT2D eigenvalue weighted by Gasteiger charge is -2.46. The Hall–Kier alpha value is -2.00. The van der Waals surface area contributed by atoms with Crippen molar-refractivity contribution >= 4 is 5.69 Å². The van der Waals surface area contributed by atoms with Crippen molar-refractivity contribution < 1.29 is 4.74 Å². The summed E-state index contributed by atoms with van der Waals surface area (Å²) in [6.07, 6.45) is 6.77. The minimum atomic E-state index is 0.387. The smallest absolute Gasteiger partial charge is 0.119 e. The van der Waals surface area contributed by atoms with E-state index in [0.29, 0.717) is 16.7 Å². The molecule has 5 rings (SSSR count). The summed E-state index contributed by atoms with van der Waals surface area (Å²) in [5.74, 6) is 2.52. The highest BCUT2D eigenvalue weighted by Gasteiger charge is 2.40. The van der Waals surface area contributed by atoms with Crippen molar-refractivity contribution in [1.82, 2.24) is 4.90 Å². The normalized spacial score (nSPS) is 23.1. The largest absolute Gasteiger partial charge is 0.497 e. The second-order valence-corrected chi connectivity index (χ2v) is 12.8. The summed E-state index contributed by atoms with van der Waals surface area (Å²) in [6.45, 7) is 15.9. The van der Waals surface area contributed by atoms with E-state index in [4.69, 9.17) is 4.74 Å². The minimum absolute atomic E-state index is 0.387. The number of benzene rings is 2. The SMILES string of the molecule is COc1cccc(-c2ccc(C3CC(C)(C)CC(C)(C)C3)c(N3CCN(CC4CC4)CC3)c2)c1. The predicted molar refractivity (Wildman–Crippen MR) is 144 cm³/mol. The molecular weight excluding hydrogens is 416 g/mol. The summed E-state index contributed by atoms with van der Waals surface area (Å²) in [5.41, 5.74) is 6.36. The van der Waals surface area contributed by atoms with Crippen molar-refractivity contribution in [3.8, 4) is 16.9 Å². The Bertz CT molecular complexity index is 982. The molecule has 0 aromatic heterocycles. The van der Waals surface area contributed by atoms with Gasteiger partial charge < -0.3 is 9.64 Å². The van der Waals surface area contributed by atoms with Crippen molar-refractivity contribution in [2.24, 2.45) is 16.7 Å². The molecule has 3 heteroatoms. The van der Waals surface area contributed by atoms with Gasteiger partial charge in [-0.1, -0.05) is 52.0 Å². The second-order valence-electron chi connectivity index (χ2n) is 12.8. The van der Waals surface area contributed by atoms with Crippen LogP contribution < -0.4 is 9.64 Å². The fourth-order valence-corrected chi connectivity index (χ4v) is 7.05. The van der Waals surface area contributed by atoms with E-state index in [1.165, 1.54) is 68.6 Å². The maximum Gasteiger partial charge on any atom is 0.119 e. The van der Waals surface area contributed by atoms with Gasteiger partial charge in [-0.25, -0.2) is 0 Å². The van der Waals surface area contributed by atoms with Gasteiger partial charge in [0.1, 0.15) is 5.75 Å². The lowest BCUT2D eigenvalue weighted by molar-refractivity contribution is 0.0970. The summed E-state index contributed by atoms with van der Waals surface area (Å²) < 4.78 is 5.52. The van der Waals surface area contributed by atoms with E-state index in [0.717, 1.165) is 24.8 Å². The fraction of sp³-hybridized carbons (Fsp3) is 0.613. The first-order valence-electron chi connectivity index (χ1n) is 13.5. The van der Waals surface area contributed by atoms with Crippen molar-refractivity contribution in [3.05, 3.63) is 48.0 Å². The van der Waals surface area contributed by atoms with Crippen LogP contribution in [0.2, 0.25) is 0 Å². The van der Waals surface area contributed by atoms with Crippen molar-refractivity contribution in [2.45, 2.75) is 65.7 Å². The molecule has 0 amide bonds. The van der Waals surface area contributed by atoms with Gasteiger partial charge in [-0.15, -0.1) is 0 Å². The molecule has 3 fully saturated rings. The molecule has 0 bridgehead atoms. The third-order valence-electron chi connectivity index (χ3n) is 8.35. The maximum atomic E-state index is 5.52. The molecular formula is C31H44N2O. The van der Waals surface area contributed by atoms with Gasteiger partial charge in [0.15, 0.2) is 0 Å². The lowest BCUT2D eigenvalue weighted by Crippen LogP contribution is -2.47. The van der Waals surface area contributed by atoms with E-state index in [-0.39, 0.29) is 0 Å². The highest BCUT2D eigenvalue weighted by Crippen LogP contribution is 2.53. The van der Waals surface area contributed by atoms with Gasteiger partial charge in [0, 0.05) is 38.4 Å². The van der Waals surface area contributed by atoms with E-state index in [1.54, 1.807) is 12.7 Å². The maximum absolute atomic E-state index is 5.52. The molecule has 2 aromatic rings. The Balaban J connectivity index is 1.47. The molecule has 0 N–H and O–H groups in total. The van der Waals surface area contributed by atoms with Crippen LogP contribution in [0.5, 0.6) is 5.75 Å². The van der Waals surface area contributed by atoms with Gasteiger partial charge in [-0.3, -0.25) is 4.90 Å². The molecule has 1 heterocycles. The second kappa shape index (κ2) is 9.22. The molecule has 2 saturated carbocycles. The zero-order valence-corrected chi connectivity index (χ0v) is 22.1. The Morgan fingerprint density at radius 2 is 1.53 bits per heavy atom. The van der Waals surface area contributed by atoms with Crippen LogP contribution in [0.4, 0.5) is 5.69 Å². The molecule has 0 unspecified atom stereocenters. The van der Waals surface area contributed by atoms with Crippen LogP contribution in [0.3, 0.4) is 0 Å². The standard InChI is InChI=1S/C31H44N2O/c1-30(2)19-26(20-31(3,4)22-30)28-12-11-25(24-7-6-8-27(17-24)34-5)18-29(28)33-15-13-32(14-16-33)21-23-9-10-23/h6-8,11-12,17-18,23,26H,9-10,13-16,19-22H2,1-5H3. The predicted octanol–water partition coefficient (Wildman–Crippen LogP) is 7.21. The van der Waals surface area contributed by atoms with Crippen LogP contribution in [-0.2, 0) is 0 Å². The van der Waals surface area contributed by atoms with Gasteiger partial charge in [0.2, 0.25) is 0 Å². The summed E-state index contributed by atoms with van der Waals surface area (Å²) in [6, 6.07) is 15.8. The highest BCUT2D eigenvalue weighted by molar-refractivity contribution is 5.72. The Morgan fingerprint density at radius 1 is 0.853 bits per heavy atom. The summed E-state index contributed by atoms with van der Waals surface area (Å²) in [4.78, 5) is 5.39. The zero-order valence-electron chi connectivity index (χ0n) is 22.1. The minimum Gasteiger partial charge on any atom is -0.497 e. The molecule has 2 aliphatic carbocycles. The molecule has 0 radical (unpaired) electrons. The average Bonchev–Trinajstić information content (AvgIpc) is 3.61. The Labute approximate surface area is 207 Å². The third-order valence-corrected chi connectivity index (χ3v) is 8.35. The van der Waals surface area contributed by atoms with Gasteiger partial charge in [0.25, 0.3) is 0 Å². The number of rotatable bonds is 6. The average molecular weight is 461 g/mol. The highest BCUT2D eigenvalue weighted by atomic mass is 16.5. The number of piperazine rings is 1. The molecule has 0 spiro atoms. The van der Waals surface area contributed by atoms with E-state index < -0.39 is 0 Å². The van der Waals surface area contributed by atoms with Gasteiger partial charge in [0.05, 0.1) is 7.11 Å². The topological polar surface area (TPSA) is 15.7 Å². The Kier molecular flexibility index (Phi) is 6.44. The number of ether oxygens (including phenoxy) is 1. The molecule has 2 aromatic carbocycles. The number of anilines is 1. The third kappa shape index (κ3) is 5.46. The zero-order chi connectivity index (χ0) is 23.9. The van der Waals surface area contributed by atoms with E-state index in [1.807, 2.05) is 6.07 Å². The van der Waals surface area contributed by atoms with E-state index >= 15 is 0 Å². The van der Waals surface area contributed by atoms with Gasteiger partial charge >= 0.3 is 0 Å². The van der Waals surface area contributed by atoms with Crippen LogP contribution in [0.25, 0.3) is 11.1 Å². The first-order valence-corrected chi connectivity index (χ1v) is 13.5. The molecule has 1 saturated heterocycles. The lowest BCUT2D eigenvalue weighted by atomic mass is 9.60. The molecule has 3 aliphatic rings. The molecule has 1 aliphatic heterocycles. The summed E-state index contributed by atoms with van der Waals surface area (Å²) in [7, 11) is 1.75. The first kappa shape index (κ1) is 23.7. The summed E-state index contributed by atoms with van der Waals surface area (Å²) >= 11 is 0. The van der Waals surface area contributed by atoms with Crippen LogP contribution in [0.15, 0.2) is 42.5 Å². The van der Waals surface area contributed by atoms with Gasteiger partial charge in [-0.2, -0.15) is 0 Å². The Morgan fingerprint density at radius 3 is 2.18 bits per heavy atom. The molecule has 0 atom stereocenters. The van der Waals surface area contributed by atoms with E-state index in [9.17, 15) is 0 Å². The quantitative estimate of drug-likeness (QED) is 0.453. The van der Waals surface area contributed by atoms with Crippen LogP contribution >= 0.6 is 0 Å². The number of hydrogen-bond acceptors (Lipinski definition) is 3. The number of methoxy groups -OCH3 is 1. The van der Waals surface area contributed by atoms with Crippen LogP contribution in [-0.4, -0.2) is 44.7 Å². The van der Waals surface area contributed by atoms with Gasteiger partial charge in [-0.05, 0) is 89.7 Å². The first-order chi connectivity index (χ1) is 16.2. The molecule has 184 valence electrons. The molecule has 34 heavy (non-hydrogen) atoms.